The summed E-state index contributed by atoms with van der Waals surface area (Å²) < 4.78 is 0. The third kappa shape index (κ3) is 3.31. The molecule has 2 aliphatic rings. The van der Waals surface area contributed by atoms with E-state index in [1.165, 1.54) is 38.6 Å². The van der Waals surface area contributed by atoms with E-state index in [9.17, 15) is 4.79 Å². The zero-order chi connectivity index (χ0) is 11.4. The van der Waals surface area contributed by atoms with E-state index in [2.05, 4.69) is 11.9 Å². The molecule has 2 rings (SSSR count). The first-order chi connectivity index (χ1) is 7.75. The number of hydrogen-bond donors (Lipinski definition) is 0. The number of hydrogen-bond acceptors (Lipinski definition) is 2. The molecule has 0 aromatic heterocycles. The molecule has 1 unspecified atom stereocenters. The summed E-state index contributed by atoms with van der Waals surface area (Å²) in [4.78, 5) is 14.1. The molecule has 0 aromatic rings. The highest BCUT2D eigenvalue weighted by atomic mass is 16.1. The quantitative estimate of drug-likeness (QED) is 0.730. The molecule has 2 nitrogen and oxygen atoms in total. The lowest BCUT2D eigenvalue weighted by Crippen LogP contribution is -2.34. The SMILES string of the molecule is CN(CC1CCCC1)CC1CCCCC1=O. The van der Waals surface area contributed by atoms with Crippen molar-refractivity contribution in [1.29, 1.82) is 0 Å². The van der Waals surface area contributed by atoms with Gasteiger partial charge in [0.1, 0.15) is 5.78 Å². The first-order valence-electron chi connectivity index (χ1n) is 6.97. The lowest BCUT2D eigenvalue weighted by atomic mass is 9.87. The lowest BCUT2D eigenvalue weighted by molar-refractivity contribution is -0.125. The molecule has 2 aliphatic carbocycles. The van der Waals surface area contributed by atoms with Gasteiger partial charge >= 0.3 is 0 Å². The molecule has 0 aromatic carbocycles. The van der Waals surface area contributed by atoms with E-state index < -0.39 is 0 Å². The molecule has 2 heteroatoms. The van der Waals surface area contributed by atoms with Gasteiger partial charge in [0.15, 0.2) is 0 Å². The smallest absolute Gasteiger partial charge is 0.137 e. The molecule has 0 amide bonds. The van der Waals surface area contributed by atoms with Gasteiger partial charge in [-0.3, -0.25) is 4.79 Å². The standard InChI is InChI=1S/C14H25NO/c1-15(10-12-6-2-3-7-12)11-13-8-4-5-9-14(13)16/h12-13H,2-11H2,1H3. The Kier molecular flexibility index (Phi) is 4.39. The second-order valence-corrected chi connectivity index (χ2v) is 5.78. The monoisotopic (exact) mass is 223 g/mol. The van der Waals surface area contributed by atoms with Crippen LogP contribution in [0, 0.1) is 11.8 Å². The fourth-order valence-electron chi connectivity index (χ4n) is 3.33. The Morgan fingerprint density at radius 3 is 2.44 bits per heavy atom. The molecule has 92 valence electrons. The highest BCUT2D eigenvalue weighted by Gasteiger charge is 2.24. The van der Waals surface area contributed by atoms with Crippen molar-refractivity contribution in [3.05, 3.63) is 0 Å². The third-order valence-corrected chi connectivity index (χ3v) is 4.26. The minimum Gasteiger partial charge on any atom is -0.305 e. The molecule has 0 spiro atoms. The highest BCUT2D eigenvalue weighted by Crippen LogP contribution is 2.26. The Balaban J connectivity index is 1.72. The Morgan fingerprint density at radius 2 is 1.75 bits per heavy atom. The maximum Gasteiger partial charge on any atom is 0.137 e. The van der Waals surface area contributed by atoms with E-state index in [4.69, 9.17) is 0 Å². The molecule has 0 radical (unpaired) electrons. The molecule has 0 bridgehead atoms. The summed E-state index contributed by atoms with van der Waals surface area (Å²) in [5, 5.41) is 0. The number of Topliss-reactive ketones (excluding diaryl/α,β-unsaturated/α-hetero) is 1. The van der Waals surface area contributed by atoms with Crippen LogP contribution < -0.4 is 0 Å². The zero-order valence-corrected chi connectivity index (χ0v) is 10.6. The van der Waals surface area contributed by atoms with Gasteiger partial charge in [0.05, 0.1) is 0 Å². The summed E-state index contributed by atoms with van der Waals surface area (Å²) in [6, 6.07) is 0. The van der Waals surface area contributed by atoms with E-state index in [1.807, 2.05) is 0 Å². The average Bonchev–Trinajstić information content (AvgIpc) is 2.74. The number of rotatable bonds is 4. The van der Waals surface area contributed by atoms with E-state index >= 15 is 0 Å². The zero-order valence-electron chi connectivity index (χ0n) is 10.6. The van der Waals surface area contributed by atoms with Crippen LogP contribution >= 0.6 is 0 Å². The Hall–Kier alpha value is -0.370. The first-order valence-corrected chi connectivity index (χ1v) is 6.97. The fourth-order valence-corrected chi connectivity index (χ4v) is 3.33. The number of ketones is 1. The molecule has 0 aliphatic heterocycles. The maximum absolute atomic E-state index is 11.7. The van der Waals surface area contributed by atoms with Crippen LogP contribution in [0.2, 0.25) is 0 Å². The van der Waals surface area contributed by atoms with Crippen molar-refractivity contribution < 1.29 is 4.79 Å². The van der Waals surface area contributed by atoms with Crippen molar-refractivity contribution >= 4 is 5.78 Å². The Morgan fingerprint density at radius 1 is 1.06 bits per heavy atom. The molecule has 2 fully saturated rings. The predicted molar refractivity (Wildman–Crippen MR) is 66.4 cm³/mol. The van der Waals surface area contributed by atoms with E-state index in [0.29, 0.717) is 11.7 Å². The van der Waals surface area contributed by atoms with E-state index in [-0.39, 0.29) is 0 Å². The summed E-state index contributed by atoms with van der Waals surface area (Å²) in [5.41, 5.74) is 0. The Bertz CT molecular complexity index is 233. The molecule has 2 saturated carbocycles. The second kappa shape index (κ2) is 5.81. The molecule has 1 atom stereocenters. The summed E-state index contributed by atoms with van der Waals surface area (Å²) in [5.74, 6) is 1.77. The van der Waals surface area contributed by atoms with Crippen LogP contribution in [0.4, 0.5) is 0 Å². The van der Waals surface area contributed by atoms with Crippen molar-refractivity contribution in [3.8, 4) is 0 Å². The summed E-state index contributed by atoms with van der Waals surface area (Å²) in [6.45, 7) is 2.22. The van der Waals surface area contributed by atoms with Crippen molar-refractivity contribution in [2.45, 2.75) is 51.4 Å². The van der Waals surface area contributed by atoms with Crippen LogP contribution in [-0.2, 0) is 4.79 Å². The highest BCUT2D eigenvalue weighted by molar-refractivity contribution is 5.81. The minimum atomic E-state index is 0.347. The van der Waals surface area contributed by atoms with Crippen LogP contribution in [0.5, 0.6) is 0 Å². The lowest BCUT2D eigenvalue weighted by Gasteiger charge is -2.27. The average molecular weight is 223 g/mol. The van der Waals surface area contributed by atoms with Gasteiger partial charge in [-0.1, -0.05) is 19.3 Å². The van der Waals surface area contributed by atoms with E-state index in [1.54, 1.807) is 0 Å². The normalized spacial score (nSPS) is 27.9. The fraction of sp³-hybridized carbons (Fsp3) is 0.929. The number of nitrogens with zero attached hydrogens (tertiary/aromatic N) is 1. The van der Waals surface area contributed by atoms with Crippen molar-refractivity contribution in [2.24, 2.45) is 11.8 Å². The van der Waals surface area contributed by atoms with Gasteiger partial charge in [-0.15, -0.1) is 0 Å². The topological polar surface area (TPSA) is 20.3 Å². The summed E-state index contributed by atoms with van der Waals surface area (Å²) in [7, 11) is 2.19. The van der Waals surface area contributed by atoms with Crippen LogP contribution in [0.3, 0.4) is 0 Å². The molecular weight excluding hydrogens is 198 g/mol. The predicted octanol–water partition coefficient (Wildman–Crippen LogP) is 2.87. The molecular formula is C14H25NO. The van der Waals surface area contributed by atoms with E-state index in [0.717, 1.165) is 31.7 Å². The second-order valence-electron chi connectivity index (χ2n) is 5.78. The Labute approximate surface area is 99.4 Å². The summed E-state index contributed by atoms with van der Waals surface area (Å²) in [6.07, 6.45) is 10.00. The van der Waals surface area contributed by atoms with Crippen molar-refractivity contribution in [1.82, 2.24) is 4.90 Å². The van der Waals surface area contributed by atoms with Gasteiger partial charge in [0.25, 0.3) is 0 Å². The number of carbonyl (C=O) groups is 1. The minimum absolute atomic E-state index is 0.347. The van der Waals surface area contributed by atoms with Crippen LogP contribution in [0.1, 0.15) is 51.4 Å². The van der Waals surface area contributed by atoms with Gasteiger partial charge < -0.3 is 4.90 Å². The number of carbonyl (C=O) groups excluding carboxylic acids is 1. The van der Waals surface area contributed by atoms with Crippen molar-refractivity contribution in [2.75, 3.05) is 20.1 Å². The van der Waals surface area contributed by atoms with Gasteiger partial charge in [-0.2, -0.15) is 0 Å². The van der Waals surface area contributed by atoms with Gasteiger partial charge in [-0.25, -0.2) is 0 Å². The van der Waals surface area contributed by atoms with Crippen LogP contribution in [-0.4, -0.2) is 30.8 Å². The molecule has 0 saturated heterocycles. The molecule has 16 heavy (non-hydrogen) atoms. The maximum atomic E-state index is 11.7. The van der Waals surface area contributed by atoms with Crippen LogP contribution in [0.25, 0.3) is 0 Å². The van der Waals surface area contributed by atoms with Gasteiger partial charge in [-0.05, 0) is 38.6 Å². The van der Waals surface area contributed by atoms with Gasteiger partial charge in [0.2, 0.25) is 0 Å². The van der Waals surface area contributed by atoms with Crippen LogP contribution in [0.15, 0.2) is 0 Å². The van der Waals surface area contributed by atoms with Crippen molar-refractivity contribution in [3.63, 3.8) is 0 Å². The summed E-state index contributed by atoms with van der Waals surface area (Å²) >= 11 is 0. The largest absolute Gasteiger partial charge is 0.305 e. The molecule has 0 heterocycles. The third-order valence-electron chi connectivity index (χ3n) is 4.26. The van der Waals surface area contributed by atoms with Gasteiger partial charge in [0, 0.05) is 25.4 Å². The first kappa shape index (κ1) is 12.1. The molecule has 0 N–H and O–H groups in total.